The number of carbonyl (C=O) groups excluding carboxylic acids is 1. The number of benzene rings is 1. The normalized spacial score (nSPS) is 38.6. The highest BCUT2D eigenvalue weighted by Crippen LogP contribution is 2.74. The number of nitrogens with one attached hydrogen (secondary N) is 1. The Hall–Kier alpha value is -3.00. The number of piperidine rings is 1. The van der Waals surface area contributed by atoms with Crippen LogP contribution >= 0.6 is 0 Å². The van der Waals surface area contributed by atoms with Gasteiger partial charge in [-0.1, -0.05) is 12.2 Å². The number of aromatic hydroxyl groups is 1. The minimum atomic E-state index is -0.427. The summed E-state index contributed by atoms with van der Waals surface area (Å²) >= 11 is 0. The van der Waals surface area contributed by atoms with Gasteiger partial charge in [0.2, 0.25) is 0 Å². The molecular weight excluding hydrogens is 536 g/mol. The summed E-state index contributed by atoms with van der Waals surface area (Å²) in [5.41, 5.74) is 3.56. The number of H-pyrrole nitrogens is 1. The highest BCUT2D eigenvalue weighted by Gasteiger charge is 2.80. The molecular formula is C36H42N4O3. The van der Waals surface area contributed by atoms with Crippen molar-refractivity contribution in [1.82, 2.24) is 19.8 Å². The summed E-state index contributed by atoms with van der Waals surface area (Å²) in [7, 11) is 0. The summed E-state index contributed by atoms with van der Waals surface area (Å²) in [5.74, 6) is 1.39. The monoisotopic (exact) mass is 578 g/mol. The average Bonchev–Trinajstić information content (AvgIpc) is 3.53. The van der Waals surface area contributed by atoms with Crippen molar-refractivity contribution in [3.8, 4) is 5.75 Å². The Labute approximate surface area is 253 Å². The van der Waals surface area contributed by atoms with Crippen molar-refractivity contribution in [2.45, 2.75) is 75.5 Å². The number of aromatic nitrogens is 2. The van der Waals surface area contributed by atoms with E-state index in [0.29, 0.717) is 30.5 Å². The topological polar surface area (TPSA) is 81.7 Å². The standard InChI is InChI=1S/C36H42N4O3/c41-24-8-7-18-40-22-31-34-14-5-3-1-2-4-6-17-39-19-13-29(35(31,23-39)36(40,43-34)15-11-24)28(21-34)32-33-26(12-16-37-32)27-20-25(42)9-10-30(27)38-33/h1,3,9-10,12,16,20-21,29,31,38,42H,2,4-8,11,13-15,17-19,22-23H2/b3-1-/t29-,31+,34-,35+,36-/m0/s1. The van der Waals surface area contributed by atoms with E-state index in [1.807, 2.05) is 18.3 Å². The first-order chi connectivity index (χ1) is 21.0. The van der Waals surface area contributed by atoms with Gasteiger partial charge in [-0.15, -0.1) is 0 Å². The van der Waals surface area contributed by atoms with Crippen LogP contribution < -0.4 is 0 Å². The number of nitrogens with zero attached hydrogens (tertiary/aromatic N) is 3. The summed E-state index contributed by atoms with van der Waals surface area (Å²) in [6.07, 6.45) is 19.0. The van der Waals surface area contributed by atoms with E-state index in [1.54, 1.807) is 6.07 Å². The number of hydrogen-bond acceptors (Lipinski definition) is 6. The molecule has 7 heterocycles. The van der Waals surface area contributed by atoms with Gasteiger partial charge in [-0.2, -0.15) is 0 Å². The van der Waals surface area contributed by atoms with Gasteiger partial charge in [0.1, 0.15) is 17.3 Å². The molecule has 7 nitrogen and oxygen atoms in total. The van der Waals surface area contributed by atoms with Crippen LogP contribution in [0.1, 0.15) is 69.9 Å². The minimum Gasteiger partial charge on any atom is -0.508 e. The molecule has 0 saturated carbocycles. The van der Waals surface area contributed by atoms with E-state index in [0.717, 1.165) is 98.7 Å². The molecule has 6 aliphatic rings. The number of Topliss-reactive ketones (excluding diaryl/α,β-unsaturated/α-hetero) is 1. The second kappa shape index (κ2) is 9.50. The van der Waals surface area contributed by atoms with Crippen LogP contribution in [0.15, 0.2) is 48.7 Å². The third-order valence-electron chi connectivity index (χ3n) is 12.2. The molecule has 4 saturated heterocycles. The number of phenolic OH excluding ortho intramolecular Hbond substituents is 1. The lowest BCUT2D eigenvalue weighted by atomic mass is 9.52. The Morgan fingerprint density at radius 2 is 1.93 bits per heavy atom. The second-order valence-corrected chi connectivity index (χ2v) is 14.2. The maximum Gasteiger partial charge on any atom is 0.133 e. The number of aromatic amines is 1. The van der Waals surface area contributed by atoms with Crippen LogP contribution in [0.3, 0.4) is 0 Å². The number of allylic oxidation sites excluding steroid dienone is 3. The predicted octanol–water partition coefficient (Wildman–Crippen LogP) is 6.19. The molecule has 2 spiro atoms. The maximum absolute atomic E-state index is 13.0. The average molecular weight is 579 g/mol. The molecule has 2 aromatic heterocycles. The fourth-order valence-corrected chi connectivity index (χ4v) is 10.5. The number of carbonyl (C=O) groups is 1. The Morgan fingerprint density at radius 1 is 1.00 bits per heavy atom. The van der Waals surface area contributed by atoms with Crippen LogP contribution in [0.5, 0.6) is 5.75 Å². The van der Waals surface area contributed by atoms with Crippen molar-refractivity contribution < 1.29 is 14.6 Å². The van der Waals surface area contributed by atoms with Gasteiger partial charge >= 0.3 is 0 Å². The summed E-state index contributed by atoms with van der Waals surface area (Å²) < 4.78 is 7.70. The molecule has 224 valence electrons. The molecule has 0 radical (unpaired) electrons. The van der Waals surface area contributed by atoms with E-state index in [-0.39, 0.29) is 16.8 Å². The van der Waals surface area contributed by atoms with Crippen molar-refractivity contribution in [1.29, 1.82) is 0 Å². The van der Waals surface area contributed by atoms with E-state index < -0.39 is 5.72 Å². The van der Waals surface area contributed by atoms with Crippen LogP contribution in [-0.2, 0) is 9.53 Å². The zero-order chi connectivity index (χ0) is 28.8. The fraction of sp³-hybridized carbons (Fsp3) is 0.556. The van der Waals surface area contributed by atoms with E-state index >= 15 is 0 Å². The van der Waals surface area contributed by atoms with Crippen molar-refractivity contribution in [2.24, 2.45) is 17.3 Å². The molecule has 7 heteroatoms. The lowest BCUT2D eigenvalue weighted by Gasteiger charge is -2.55. The molecule has 9 rings (SSSR count). The number of ketones is 1. The summed E-state index contributed by atoms with van der Waals surface area (Å²) in [6.45, 7) is 5.27. The maximum atomic E-state index is 13.0. The van der Waals surface area contributed by atoms with Gasteiger partial charge in [-0.25, -0.2) is 0 Å². The van der Waals surface area contributed by atoms with Gasteiger partial charge in [0.05, 0.1) is 16.8 Å². The van der Waals surface area contributed by atoms with Gasteiger partial charge in [0.15, 0.2) is 0 Å². The molecule has 0 amide bonds. The van der Waals surface area contributed by atoms with Crippen LogP contribution in [0, 0.1) is 17.3 Å². The quantitative estimate of drug-likeness (QED) is 0.335. The van der Waals surface area contributed by atoms with Gasteiger partial charge < -0.3 is 19.7 Å². The van der Waals surface area contributed by atoms with E-state index in [2.05, 4.69) is 39.1 Å². The van der Waals surface area contributed by atoms with Gasteiger partial charge in [-0.05, 0) is 106 Å². The fourth-order valence-electron chi connectivity index (χ4n) is 10.5. The van der Waals surface area contributed by atoms with Crippen molar-refractivity contribution >= 4 is 33.2 Å². The molecule has 3 aromatic rings. The third-order valence-corrected chi connectivity index (χ3v) is 12.2. The first-order valence-electron chi connectivity index (χ1n) is 16.7. The van der Waals surface area contributed by atoms with Gasteiger partial charge in [-0.3, -0.25) is 14.7 Å². The van der Waals surface area contributed by atoms with Crippen LogP contribution in [0.4, 0.5) is 0 Å². The molecule has 6 atom stereocenters. The smallest absolute Gasteiger partial charge is 0.133 e. The van der Waals surface area contributed by atoms with E-state index in [9.17, 15) is 9.90 Å². The van der Waals surface area contributed by atoms with Gasteiger partial charge in [0, 0.05) is 66.3 Å². The molecule has 1 aliphatic carbocycles. The molecule has 2 N–H and O–H groups in total. The summed E-state index contributed by atoms with van der Waals surface area (Å²) in [4.78, 5) is 27.3. The van der Waals surface area contributed by atoms with Crippen molar-refractivity contribution in [3.05, 3.63) is 54.4 Å². The predicted molar refractivity (Wildman–Crippen MR) is 168 cm³/mol. The molecule has 1 aromatic carbocycles. The SMILES string of the molecule is O=C1CCCN2C[C@H]3[C@@]45CN6CCCC/C=C\CC[C@@]3(C=C(c3nccc7c3[nH]c3ccc(O)cc37)[C@@H]4CC6)O[C@]25CC1. The van der Waals surface area contributed by atoms with Gasteiger partial charge in [0.25, 0.3) is 0 Å². The Morgan fingerprint density at radius 3 is 2.88 bits per heavy atom. The number of pyridine rings is 1. The van der Waals surface area contributed by atoms with E-state index in [4.69, 9.17) is 9.72 Å². The van der Waals surface area contributed by atoms with Crippen LogP contribution in [0.2, 0.25) is 0 Å². The van der Waals surface area contributed by atoms with Crippen molar-refractivity contribution in [2.75, 3.05) is 32.7 Å². The molecule has 1 unspecified atom stereocenters. The first-order valence-corrected chi connectivity index (χ1v) is 16.7. The Kier molecular flexibility index (Phi) is 5.83. The molecule has 43 heavy (non-hydrogen) atoms. The molecule has 5 aliphatic heterocycles. The van der Waals surface area contributed by atoms with E-state index in [1.165, 1.54) is 18.4 Å². The molecule has 5 bridgehead atoms. The summed E-state index contributed by atoms with van der Waals surface area (Å²) in [6, 6.07) is 7.65. The van der Waals surface area contributed by atoms with Crippen molar-refractivity contribution in [3.63, 3.8) is 0 Å². The van der Waals surface area contributed by atoms with Crippen LogP contribution in [0.25, 0.3) is 27.4 Å². The van der Waals surface area contributed by atoms with Crippen LogP contribution in [-0.4, -0.2) is 74.7 Å². The number of phenols is 1. The zero-order valence-corrected chi connectivity index (χ0v) is 25.0. The first kappa shape index (κ1) is 26.4. The highest BCUT2D eigenvalue weighted by molar-refractivity contribution is 6.10. The number of fused-ring (bicyclic) bond motifs is 4. The number of ether oxygens (including phenoxy) is 1. The Bertz CT molecular complexity index is 1690. The highest BCUT2D eigenvalue weighted by atomic mass is 16.6. The number of hydrogen-bond donors (Lipinski definition) is 2. The Balaban J connectivity index is 1.28. The number of rotatable bonds is 1. The largest absolute Gasteiger partial charge is 0.508 e. The lowest BCUT2D eigenvalue weighted by molar-refractivity contribution is -0.226. The third kappa shape index (κ3) is 3.59. The zero-order valence-electron chi connectivity index (χ0n) is 25.0. The lowest BCUT2D eigenvalue weighted by Crippen LogP contribution is -2.63. The second-order valence-electron chi connectivity index (χ2n) is 14.2. The minimum absolute atomic E-state index is 0.0845. The molecule has 4 fully saturated rings. The summed E-state index contributed by atoms with van der Waals surface area (Å²) in [5, 5.41) is 12.4.